The van der Waals surface area contributed by atoms with Crippen molar-refractivity contribution in [3.8, 4) is 0 Å². The lowest BCUT2D eigenvalue weighted by Crippen LogP contribution is -2.16. The summed E-state index contributed by atoms with van der Waals surface area (Å²) in [4.78, 5) is 0. The molecule has 0 aromatic heterocycles. The molecule has 0 aromatic rings. The minimum atomic E-state index is 0.0160. The summed E-state index contributed by atoms with van der Waals surface area (Å²) in [6.45, 7) is 31.7. The SMILES string of the molecule is COCCOCCOCCOCCOCCOCCOCCOCCOCCOCCOCCOCCOCCOCCOCCOCCOCCOCCOCCOCCOCCOCCOCCOCCOCCOCCOCCOCCOCCOCCOCCOCCOCCO. The average Bonchev–Trinajstić information content (AvgIpc) is 3.68. The van der Waals surface area contributed by atoms with Gasteiger partial charge in [0.25, 0.3) is 0 Å². The Labute approximate surface area is 602 Å². The molecule has 0 radical (unpaired) electrons. The first-order valence-corrected chi connectivity index (χ1v) is 36.0. The third-order valence-electron chi connectivity index (χ3n) is 12.2. The van der Waals surface area contributed by atoms with E-state index in [-0.39, 0.29) is 6.61 Å². The van der Waals surface area contributed by atoms with Gasteiger partial charge in [-0.05, 0) is 0 Å². The van der Waals surface area contributed by atoms with Crippen LogP contribution in [-0.4, -0.2) is 448 Å². The van der Waals surface area contributed by atoms with Crippen molar-refractivity contribution in [3.05, 3.63) is 0 Å². The molecule has 0 heterocycles. The Bertz CT molecular complexity index is 1310. The topological polar surface area (TPSA) is 325 Å². The predicted molar refractivity (Wildman–Crippen MR) is 365 cm³/mol. The van der Waals surface area contributed by atoms with E-state index in [0.717, 1.165) is 0 Å². The van der Waals surface area contributed by atoms with Gasteiger partial charge in [0.2, 0.25) is 0 Å². The van der Waals surface area contributed by atoms with Gasteiger partial charge in [0.1, 0.15) is 0 Å². The number of hydrogen-bond donors (Lipinski definition) is 1. The Morgan fingerprint density at radius 2 is 0.158 bits per heavy atom. The van der Waals surface area contributed by atoms with Gasteiger partial charge in [-0.15, -0.1) is 0 Å². The molecule has 0 spiro atoms. The zero-order chi connectivity index (χ0) is 72.0. The smallest absolute Gasteiger partial charge is 0.0701 e. The molecule has 0 saturated carbocycles. The number of rotatable bonds is 98. The van der Waals surface area contributed by atoms with Crippen molar-refractivity contribution >= 4 is 0 Å². The molecule has 0 aliphatic rings. The van der Waals surface area contributed by atoms with Crippen molar-refractivity contribution in [2.75, 3.05) is 443 Å². The molecule has 0 bridgehead atoms. The van der Waals surface area contributed by atoms with Gasteiger partial charge in [-0.25, -0.2) is 0 Å². The fourth-order valence-electron chi connectivity index (χ4n) is 7.13. The third-order valence-corrected chi connectivity index (χ3v) is 12.2. The highest BCUT2D eigenvalue weighted by molar-refractivity contribution is 4.45. The molecule has 101 heavy (non-hydrogen) atoms. The van der Waals surface area contributed by atoms with Gasteiger partial charge in [0, 0.05) is 7.11 Å². The van der Waals surface area contributed by atoms with Crippen molar-refractivity contribution < 1.29 is 161 Å². The summed E-state index contributed by atoms with van der Waals surface area (Å²) >= 11 is 0. The van der Waals surface area contributed by atoms with E-state index >= 15 is 0 Å². The summed E-state index contributed by atoms with van der Waals surface area (Å²) in [6.07, 6.45) is 0. The zero-order valence-corrected chi connectivity index (χ0v) is 61.6. The highest BCUT2D eigenvalue weighted by Gasteiger charge is 2.03. The number of methoxy groups -OCH3 is 1. The van der Waals surface area contributed by atoms with E-state index in [1.165, 1.54) is 0 Å². The molecule has 1 N–H and O–H groups in total. The summed E-state index contributed by atoms with van der Waals surface area (Å²) in [7, 11) is 1.64. The van der Waals surface area contributed by atoms with Crippen LogP contribution in [0.3, 0.4) is 0 Å². The molecule has 0 aromatic carbocycles. The van der Waals surface area contributed by atoms with Crippen LogP contribution >= 0.6 is 0 Å². The Hall–Kier alpha value is -1.36. The highest BCUT2D eigenvalue weighted by Crippen LogP contribution is 1.94. The third kappa shape index (κ3) is 98.6. The molecule has 34 heteroatoms. The Morgan fingerprint density at radius 3 is 0.218 bits per heavy atom. The van der Waals surface area contributed by atoms with Crippen molar-refractivity contribution in [3.63, 3.8) is 0 Å². The van der Waals surface area contributed by atoms with Crippen molar-refractivity contribution in [2.24, 2.45) is 0 Å². The average molecular weight is 1490 g/mol. The van der Waals surface area contributed by atoms with Crippen molar-refractivity contribution in [2.45, 2.75) is 0 Å². The lowest BCUT2D eigenvalue weighted by atomic mass is 10.6. The van der Waals surface area contributed by atoms with E-state index in [9.17, 15) is 0 Å². The van der Waals surface area contributed by atoms with Gasteiger partial charge in [0.05, 0.1) is 436 Å². The molecule has 0 rings (SSSR count). The summed E-state index contributed by atoms with van der Waals surface area (Å²) < 4.78 is 181. The van der Waals surface area contributed by atoms with Crippen LogP contribution in [0.5, 0.6) is 0 Å². The second kappa shape index (κ2) is 98.6. The molecule has 608 valence electrons. The quantitative estimate of drug-likeness (QED) is 0.0793. The first-order valence-electron chi connectivity index (χ1n) is 36.0. The molecule has 0 fully saturated rings. The van der Waals surface area contributed by atoms with E-state index in [0.29, 0.717) is 429 Å². The molecule has 0 amide bonds. The second-order valence-electron chi connectivity index (χ2n) is 20.3. The van der Waals surface area contributed by atoms with E-state index < -0.39 is 0 Å². The summed E-state index contributed by atoms with van der Waals surface area (Å²) in [6, 6.07) is 0. The maximum Gasteiger partial charge on any atom is 0.0701 e. The van der Waals surface area contributed by atoms with Crippen LogP contribution in [0.2, 0.25) is 0 Å². The first kappa shape index (κ1) is 99.6. The van der Waals surface area contributed by atoms with Crippen LogP contribution in [-0.2, 0) is 156 Å². The van der Waals surface area contributed by atoms with E-state index in [2.05, 4.69) is 0 Å². The van der Waals surface area contributed by atoms with Crippen LogP contribution in [0.1, 0.15) is 0 Å². The Balaban J connectivity index is 3.09. The molecule has 0 atom stereocenters. The number of ether oxygens (including phenoxy) is 33. The fraction of sp³-hybridized carbons (Fsp3) is 1.00. The van der Waals surface area contributed by atoms with Gasteiger partial charge in [-0.3, -0.25) is 0 Å². The van der Waals surface area contributed by atoms with Crippen LogP contribution in [0.15, 0.2) is 0 Å². The molecular weight excluding hydrogens is 1350 g/mol. The lowest BCUT2D eigenvalue weighted by molar-refractivity contribution is -0.0326. The predicted octanol–water partition coefficient (Wildman–Crippen LogP) is 0.156. The molecule has 0 aliphatic heterocycles. The molecule has 0 unspecified atom stereocenters. The minimum absolute atomic E-state index is 0.0160. The molecule has 34 nitrogen and oxygen atoms in total. The highest BCUT2D eigenvalue weighted by atomic mass is 16.6. The van der Waals surface area contributed by atoms with E-state index in [4.69, 9.17) is 161 Å². The summed E-state index contributed by atoms with van der Waals surface area (Å²) in [5.41, 5.74) is 0. The molecular formula is C67H136O34. The van der Waals surface area contributed by atoms with Gasteiger partial charge >= 0.3 is 0 Å². The van der Waals surface area contributed by atoms with Gasteiger partial charge in [-0.1, -0.05) is 0 Å². The maximum absolute atomic E-state index is 8.62. The summed E-state index contributed by atoms with van der Waals surface area (Å²) in [5, 5.41) is 8.62. The van der Waals surface area contributed by atoms with Gasteiger partial charge in [0.15, 0.2) is 0 Å². The molecule has 0 saturated heterocycles. The van der Waals surface area contributed by atoms with Gasteiger partial charge < -0.3 is 161 Å². The van der Waals surface area contributed by atoms with E-state index in [1.54, 1.807) is 7.11 Å². The van der Waals surface area contributed by atoms with Crippen LogP contribution in [0.25, 0.3) is 0 Å². The van der Waals surface area contributed by atoms with E-state index in [1.807, 2.05) is 0 Å². The van der Waals surface area contributed by atoms with Crippen LogP contribution in [0.4, 0.5) is 0 Å². The standard InChI is InChI=1S/C67H136O34/c1-69-4-5-71-8-9-73-12-13-75-16-17-77-20-21-79-24-25-81-28-29-83-32-33-85-36-37-87-40-41-89-44-45-91-48-49-93-52-53-95-56-57-97-60-61-99-64-65-101-67-66-100-63-62-98-59-58-96-55-54-94-51-50-92-47-46-90-43-42-88-39-38-86-35-34-84-31-30-82-27-26-80-23-22-78-19-18-76-15-14-74-11-10-72-7-6-70-3-2-68/h68H,2-67H2,1H3. The minimum Gasteiger partial charge on any atom is -0.394 e. The Kier molecular flexibility index (Phi) is 97.3. The largest absolute Gasteiger partial charge is 0.394 e. The number of aliphatic hydroxyl groups excluding tert-OH is 1. The lowest BCUT2D eigenvalue weighted by Gasteiger charge is -2.09. The zero-order valence-electron chi connectivity index (χ0n) is 61.6. The number of hydrogen-bond acceptors (Lipinski definition) is 34. The van der Waals surface area contributed by atoms with Crippen molar-refractivity contribution in [1.82, 2.24) is 0 Å². The Morgan fingerprint density at radius 1 is 0.0990 bits per heavy atom. The maximum atomic E-state index is 8.62. The van der Waals surface area contributed by atoms with Crippen LogP contribution < -0.4 is 0 Å². The summed E-state index contributed by atoms with van der Waals surface area (Å²) in [5.74, 6) is 0. The fourth-order valence-corrected chi connectivity index (χ4v) is 7.13. The second-order valence-corrected chi connectivity index (χ2v) is 20.3. The normalized spacial score (nSPS) is 11.8. The van der Waals surface area contributed by atoms with Crippen molar-refractivity contribution in [1.29, 1.82) is 0 Å². The number of aliphatic hydroxyl groups is 1. The monoisotopic (exact) mass is 1480 g/mol. The van der Waals surface area contributed by atoms with Gasteiger partial charge in [-0.2, -0.15) is 0 Å². The molecule has 0 aliphatic carbocycles. The first-order chi connectivity index (χ1) is 50.4. The van der Waals surface area contributed by atoms with Crippen LogP contribution in [0, 0.1) is 0 Å².